The Hall–Kier alpha value is -11.9. The van der Waals surface area contributed by atoms with E-state index in [0.717, 1.165) is 140 Å². The molecular formula is C75H43B3N8O. The molecule has 6 aliphatic heterocycles. The highest BCUT2D eigenvalue weighted by Gasteiger charge is 2.51. The van der Waals surface area contributed by atoms with Crippen molar-refractivity contribution < 1.29 is 4.74 Å². The zero-order chi connectivity index (χ0) is 57.6. The molecule has 0 amide bonds. The fraction of sp³-hybridized carbons (Fsp3) is 0. The fourth-order valence-electron chi connectivity index (χ4n) is 15.1. The van der Waals surface area contributed by atoms with Gasteiger partial charge in [-0.05, 0) is 170 Å². The molecule has 0 fully saturated rings. The van der Waals surface area contributed by atoms with Crippen LogP contribution in [0.4, 0.5) is 91.0 Å². The second kappa shape index (κ2) is 18.6. The second-order valence-electron chi connectivity index (χ2n) is 22.9. The van der Waals surface area contributed by atoms with Crippen molar-refractivity contribution in [1.82, 2.24) is 0 Å². The predicted octanol–water partition coefficient (Wildman–Crippen LogP) is 12.6. The number of para-hydroxylation sites is 7. The van der Waals surface area contributed by atoms with Gasteiger partial charge in [0, 0.05) is 85.3 Å². The Balaban J connectivity index is 0.985. The maximum absolute atomic E-state index is 11.3. The van der Waals surface area contributed by atoms with Gasteiger partial charge in [-0.3, -0.25) is 0 Å². The lowest BCUT2D eigenvalue weighted by molar-refractivity contribution is 0.488. The summed E-state index contributed by atoms with van der Waals surface area (Å²) in [5.41, 5.74) is 25.9. The van der Waals surface area contributed by atoms with E-state index in [9.17, 15) is 10.5 Å². The topological polar surface area (TPSA) is 77.4 Å². The number of ether oxygens (including phenoxy) is 1. The number of nitrogens with zero attached hydrogens (tertiary/aromatic N) is 8. The van der Waals surface area contributed by atoms with Gasteiger partial charge in [0.1, 0.15) is 11.5 Å². The molecule has 9 nitrogen and oxygen atoms in total. The van der Waals surface area contributed by atoms with Gasteiger partial charge >= 0.3 is 0 Å². The molecular weight excluding hydrogens is 1060 g/mol. The van der Waals surface area contributed by atoms with Crippen molar-refractivity contribution in [2.75, 3.05) is 24.5 Å². The summed E-state index contributed by atoms with van der Waals surface area (Å²) < 4.78 is 6.88. The molecule has 12 aromatic rings. The third-order valence-corrected chi connectivity index (χ3v) is 18.4. The Bertz CT molecular complexity index is 5050. The molecule has 0 saturated carbocycles. The van der Waals surface area contributed by atoms with Crippen LogP contribution in [0.3, 0.4) is 0 Å². The van der Waals surface area contributed by atoms with Gasteiger partial charge in [0.05, 0.1) is 29.8 Å². The molecule has 0 radical (unpaired) electrons. The van der Waals surface area contributed by atoms with Gasteiger partial charge < -0.3 is 29.2 Å². The molecule has 0 aromatic heterocycles. The van der Waals surface area contributed by atoms with Gasteiger partial charge in [-0.25, -0.2) is 4.85 Å². The standard InChI is InChI=1S/C75H43B3N8O/c1-81-49-39-70-75-72(40-49)87-71-34-20-18-32-56(71)77(75)58-42-60-65(44-63(58)86(70)54-29-15-6-16-30-54)85(53-27-13-5-14-28-53)69-38-48(46-80)37-68-74(69)78(60)59-41-57-62(43-64(59)84(68)52-25-11-4-12-26-52)83(51-23-9-3-10-24-51)67-36-47(45-79)35-66-73(67)76(57)55-31-17-19-33-61(55)82(66)50-21-7-2-8-22-50/h2-44H. The van der Waals surface area contributed by atoms with Crippen molar-refractivity contribution in [2.45, 2.75) is 0 Å². The van der Waals surface area contributed by atoms with E-state index in [4.69, 9.17) is 11.3 Å². The molecule has 6 aliphatic rings. The van der Waals surface area contributed by atoms with Crippen molar-refractivity contribution in [3.8, 4) is 23.6 Å². The minimum atomic E-state index is -0.374. The van der Waals surface area contributed by atoms with E-state index in [2.05, 4.69) is 266 Å². The molecule has 0 spiro atoms. The summed E-state index contributed by atoms with van der Waals surface area (Å²) in [4.78, 5) is 15.8. The van der Waals surface area contributed by atoms with Crippen LogP contribution in [0.2, 0.25) is 0 Å². The molecule has 18 rings (SSSR count). The summed E-state index contributed by atoms with van der Waals surface area (Å²) in [6, 6.07) is 96.9. The van der Waals surface area contributed by atoms with Crippen molar-refractivity contribution in [1.29, 1.82) is 10.5 Å². The summed E-state index contributed by atoms with van der Waals surface area (Å²) in [6.45, 7) is 7.49. The smallest absolute Gasteiger partial charge is 0.256 e. The largest absolute Gasteiger partial charge is 0.460 e. The maximum atomic E-state index is 11.3. The molecule has 12 aromatic carbocycles. The van der Waals surface area contributed by atoms with Crippen LogP contribution < -0.4 is 78.4 Å². The van der Waals surface area contributed by atoms with Gasteiger partial charge in [0.15, 0.2) is 5.69 Å². The first-order valence-electron chi connectivity index (χ1n) is 29.2. The number of hydrogen-bond acceptors (Lipinski definition) is 8. The van der Waals surface area contributed by atoms with Gasteiger partial charge in [-0.15, -0.1) is 0 Å². The summed E-state index contributed by atoms with van der Waals surface area (Å²) in [5.74, 6) is 1.43. The molecule has 0 aliphatic carbocycles. The molecule has 6 heterocycles. The zero-order valence-electron chi connectivity index (χ0n) is 46.5. The third-order valence-electron chi connectivity index (χ3n) is 18.4. The first-order chi connectivity index (χ1) is 43.0. The lowest BCUT2D eigenvalue weighted by atomic mass is 9.29. The summed E-state index contributed by atoms with van der Waals surface area (Å²) in [5, 5.41) is 22.4. The first kappa shape index (κ1) is 48.6. The summed E-state index contributed by atoms with van der Waals surface area (Å²) in [6.07, 6.45) is 0. The third kappa shape index (κ3) is 6.91. The minimum Gasteiger partial charge on any atom is -0.460 e. The Labute approximate surface area is 504 Å². The number of rotatable bonds is 5. The number of hydrogen-bond donors (Lipinski definition) is 0. The number of anilines is 15. The van der Waals surface area contributed by atoms with Crippen molar-refractivity contribution in [3.63, 3.8) is 0 Å². The average Bonchev–Trinajstić information content (AvgIpc) is 0.766. The van der Waals surface area contributed by atoms with E-state index < -0.39 is 0 Å². The zero-order valence-corrected chi connectivity index (χ0v) is 46.5. The molecule has 0 saturated heterocycles. The number of benzene rings is 12. The van der Waals surface area contributed by atoms with Crippen LogP contribution in [0.25, 0.3) is 4.85 Å². The Morgan fingerprint density at radius 2 is 0.632 bits per heavy atom. The van der Waals surface area contributed by atoms with E-state index >= 15 is 0 Å². The lowest BCUT2D eigenvalue weighted by Crippen LogP contribution is -2.66. The van der Waals surface area contributed by atoms with E-state index in [1.54, 1.807) is 0 Å². The van der Waals surface area contributed by atoms with Crippen LogP contribution in [0.5, 0.6) is 11.5 Å². The predicted molar refractivity (Wildman–Crippen MR) is 356 cm³/mol. The SMILES string of the molecule is [C-]#[N+]c1cc2c3c(c1)N(c1ccccc1)c1cc4c(cc1B3c1ccccc1O2)B1c2cc3c(cc2N(c2ccccc2)c2cc(C#N)cc(c21)N4c1ccccc1)N(c1ccccc1)c1cc(C#N)cc2c1B3c1ccccc1N2c1ccccc1. The normalized spacial score (nSPS) is 13.6. The van der Waals surface area contributed by atoms with Crippen LogP contribution in [-0.2, 0) is 0 Å². The minimum absolute atomic E-state index is 0.257. The van der Waals surface area contributed by atoms with Gasteiger partial charge in [-0.2, -0.15) is 10.5 Å². The highest BCUT2D eigenvalue weighted by Crippen LogP contribution is 2.51. The number of fused-ring (bicyclic) bond motifs is 12. The Kier molecular flexibility index (Phi) is 10.4. The van der Waals surface area contributed by atoms with Gasteiger partial charge in [-0.1, -0.05) is 140 Å². The Morgan fingerprint density at radius 3 is 1.03 bits per heavy atom. The second-order valence-corrected chi connectivity index (χ2v) is 22.9. The fourth-order valence-corrected chi connectivity index (χ4v) is 15.1. The summed E-state index contributed by atoms with van der Waals surface area (Å²) >= 11 is 0. The van der Waals surface area contributed by atoms with Gasteiger partial charge in [0.25, 0.3) is 20.1 Å². The van der Waals surface area contributed by atoms with Crippen LogP contribution in [0.15, 0.2) is 261 Å². The average molecular weight is 1100 g/mol. The van der Waals surface area contributed by atoms with E-state index in [-0.39, 0.29) is 20.1 Å². The van der Waals surface area contributed by atoms with Crippen molar-refractivity contribution >= 4 is 160 Å². The monoisotopic (exact) mass is 1100 g/mol. The molecule has 398 valence electrons. The van der Waals surface area contributed by atoms with E-state index in [0.29, 0.717) is 22.6 Å². The number of nitriles is 2. The van der Waals surface area contributed by atoms with Crippen molar-refractivity contribution in [2.24, 2.45) is 0 Å². The van der Waals surface area contributed by atoms with Gasteiger partial charge in [0.2, 0.25) is 0 Å². The van der Waals surface area contributed by atoms with Crippen LogP contribution in [-0.4, -0.2) is 20.1 Å². The molecule has 12 heteroatoms. The highest BCUT2D eigenvalue weighted by atomic mass is 16.5. The van der Waals surface area contributed by atoms with Crippen LogP contribution in [0.1, 0.15) is 11.1 Å². The van der Waals surface area contributed by atoms with E-state index in [1.165, 1.54) is 0 Å². The van der Waals surface area contributed by atoms with E-state index in [1.807, 2.05) is 36.4 Å². The highest BCUT2D eigenvalue weighted by molar-refractivity contribution is 7.04. The summed E-state index contributed by atoms with van der Waals surface area (Å²) in [7, 11) is 0. The van der Waals surface area contributed by atoms with Crippen LogP contribution >= 0.6 is 0 Å². The molecule has 0 atom stereocenters. The van der Waals surface area contributed by atoms with Crippen molar-refractivity contribution in [3.05, 3.63) is 283 Å². The Morgan fingerprint density at radius 1 is 0.299 bits per heavy atom. The van der Waals surface area contributed by atoms with Crippen LogP contribution in [0, 0.1) is 29.2 Å². The first-order valence-corrected chi connectivity index (χ1v) is 29.2. The molecule has 0 N–H and O–H groups in total. The molecule has 87 heavy (non-hydrogen) atoms. The maximum Gasteiger partial charge on any atom is 0.256 e. The molecule has 0 unspecified atom stereocenters. The molecule has 0 bridgehead atoms. The lowest BCUT2D eigenvalue weighted by Gasteiger charge is -2.48. The quantitative estimate of drug-likeness (QED) is 0.125.